The molecule has 0 heterocycles. The fraction of sp³-hybridized carbons (Fsp3) is 0.471. The van der Waals surface area contributed by atoms with Crippen LogP contribution in [0.1, 0.15) is 56.5 Å². The quantitative estimate of drug-likeness (QED) is 0.477. The molecule has 2 N–H and O–H groups in total. The molecule has 0 atom stereocenters. The fourth-order valence-corrected chi connectivity index (χ4v) is 2.05. The van der Waals surface area contributed by atoms with Gasteiger partial charge < -0.3 is 15.2 Å². The number of aromatic hydroxyl groups is 1. The summed E-state index contributed by atoms with van der Waals surface area (Å²) in [7, 11) is 0. The van der Waals surface area contributed by atoms with Crippen LogP contribution in [-0.4, -0.2) is 29.9 Å². The Kier molecular flexibility index (Phi) is 6.30. The van der Waals surface area contributed by atoms with Crippen molar-refractivity contribution in [2.24, 2.45) is 0 Å². The van der Waals surface area contributed by atoms with Gasteiger partial charge >= 0.3 is 5.97 Å². The fourth-order valence-electron chi connectivity index (χ4n) is 2.05. The highest BCUT2D eigenvalue weighted by Crippen LogP contribution is 2.37. The van der Waals surface area contributed by atoms with Crippen molar-refractivity contribution in [1.29, 1.82) is 0 Å². The summed E-state index contributed by atoms with van der Waals surface area (Å²) in [5.74, 6) is -0.965. The van der Waals surface area contributed by atoms with Crippen LogP contribution in [0.25, 0.3) is 0 Å². The lowest BCUT2D eigenvalue weighted by Crippen LogP contribution is -2.17. The summed E-state index contributed by atoms with van der Waals surface area (Å²) in [5.41, 5.74) is 0.678. The smallest absolute Gasteiger partial charge is 0.306 e. The molecule has 1 amide bonds. The number of phenols is 1. The molecule has 0 saturated heterocycles. The van der Waals surface area contributed by atoms with Crippen molar-refractivity contribution in [2.75, 3.05) is 11.9 Å². The van der Waals surface area contributed by atoms with Gasteiger partial charge in [0.1, 0.15) is 12.0 Å². The maximum atomic E-state index is 11.9. The summed E-state index contributed by atoms with van der Waals surface area (Å²) >= 11 is 0. The van der Waals surface area contributed by atoms with Gasteiger partial charge in [0, 0.05) is 17.5 Å². The molecule has 0 aliphatic carbocycles. The van der Waals surface area contributed by atoms with E-state index in [1.165, 1.54) is 6.07 Å². The summed E-state index contributed by atoms with van der Waals surface area (Å²) in [5, 5.41) is 12.9. The second kappa shape index (κ2) is 7.76. The predicted octanol–water partition coefficient (Wildman–Crippen LogP) is 2.78. The number of esters is 1. The second-order valence-electron chi connectivity index (χ2n) is 6.19. The third-order valence-corrected chi connectivity index (χ3v) is 3.21. The first-order valence-electron chi connectivity index (χ1n) is 7.47. The van der Waals surface area contributed by atoms with Crippen molar-refractivity contribution < 1.29 is 24.2 Å². The van der Waals surface area contributed by atoms with Gasteiger partial charge in [-0.3, -0.25) is 14.4 Å². The van der Waals surface area contributed by atoms with Gasteiger partial charge in [-0.2, -0.15) is 0 Å². The Labute approximate surface area is 135 Å². The Morgan fingerprint density at radius 1 is 1.26 bits per heavy atom. The predicted molar refractivity (Wildman–Crippen MR) is 86.7 cm³/mol. The molecule has 23 heavy (non-hydrogen) atoms. The number of rotatable bonds is 6. The number of anilines is 1. The maximum Gasteiger partial charge on any atom is 0.306 e. The van der Waals surface area contributed by atoms with Crippen LogP contribution in [0, 0.1) is 0 Å². The number of carbonyl (C=O) groups is 3. The molecule has 0 aromatic heterocycles. The Balaban J connectivity index is 2.93. The number of phenolic OH excluding ortho intramolecular Hbond substituents is 1. The summed E-state index contributed by atoms with van der Waals surface area (Å²) in [4.78, 5) is 34.2. The van der Waals surface area contributed by atoms with Gasteiger partial charge in [-0.25, -0.2) is 0 Å². The highest BCUT2D eigenvalue weighted by molar-refractivity contribution is 5.95. The first kappa shape index (κ1) is 18.7. The Morgan fingerprint density at radius 3 is 2.43 bits per heavy atom. The number of amides is 1. The Hall–Kier alpha value is -2.37. The van der Waals surface area contributed by atoms with Crippen LogP contribution in [0.3, 0.4) is 0 Å². The number of carbonyl (C=O) groups excluding carboxylic acids is 3. The van der Waals surface area contributed by atoms with E-state index in [0.29, 0.717) is 17.4 Å². The van der Waals surface area contributed by atoms with E-state index in [2.05, 4.69) is 5.32 Å². The van der Waals surface area contributed by atoms with E-state index in [-0.39, 0.29) is 30.9 Å². The van der Waals surface area contributed by atoms with Gasteiger partial charge in [-0.05, 0) is 24.5 Å². The van der Waals surface area contributed by atoms with Crippen LogP contribution in [0.15, 0.2) is 12.1 Å². The van der Waals surface area contributed by atoms with Gasteiger partial charge in [0.05, 0.1) is 18.7 Å². The zero-order chi connectivity index (χ0) is 17.6. The topological polar surface area (TPSA) is 92.7 Å². The number of hydrogen-bond donors (Lipinski definition) is 2. The first-order valence-corrected chi connectivity index (χ1v) is 7.47. The number of aldehydes is 1. The van der Waals surface area contributed by atoms with E-state index >= 15 is 0 Å². The number of benzene rings is 1. The van der Waals surface area contributed by atoms with E-state index in [4.69, 9.17) is 4.74 Å². The van der Waals surface area contributed by atoms with Crippen molar-refractivity contribution in [2.45, 2.75) is 46.0 Å². The monoisotopic (exact) mass is 321 g/mol. The Bertz CT molecular complexity index is 602. The number of nitrogens with one attached hydrogen (secondary N) is 1. The highest BCUT2D eigenvalue weighted by atomic mass is 16.5. The van der Waals surface area contributed by atoms with E-state index in [1.807, 2.05) is 20.8 Å². The van der Waals surface area contributed by atoms with E-state index in [0.717, 1.165) is 0 Å². The van der Waals surface area contributed by atoms with E-state index < -0.39 is 17.3 Å². The molecule has 0 saturated carbocycles. The summed E-state index contributed by atoms with van der Waals surface area (Å²) < 4.78 is 4.75. The average Bonchev–Trinajstić information content (AvgIpc) is 2.46. The molecule has 6 heteroatoms. The Morgan fingerprint density at radius 2 is 1.91 bits per heavy atom. The van der Waals surface area contributed by atoms with Crippen molar-refractivity contribution in [1.82, 2.24) is 0 Å². The van der Waals surface area contributed by atoms with Crippen molar-refractivity contribution in [3.63, 3.8) is 0 Å². The largest absolute Gasteiger partial charge is 0.505 e. The van der Waals surface area contributed by atoms with Gasteiger partial charge in [0.25, 0.3) is 0 Å². The maximum absolute atomic E-state index is 11.9. The lowest BCUT2D eigenvalue weighted by molar-refractivity contribution is -0.144. The second-order valence-corrected chi connectivity index (χ2v) is 6.19. The molecule has 0 unspecified atom stereocenters. The van der Waals surface area contributed by atoms with Crippen molar-refractivity contribution >= 4 is 23.9 Å². The summed E-state index contributed by atoms with van der Waals surface area (Å²) in [6, 6.07) is 3.00. The third-order valence-electron chi connectivity index (χ3n) is 3.21. The summed E-state index contributed by atoms with van der Waals surface area (Å²) in [6.45, 7) is 7.63. The van der Waals surface area contributed by atoms with Crippen LogP contribution in [0.2, 0.25) is 0 Å². The molecule has 6 nitrogen and oxygen atoms in total. The van der Waals surface area contributed by atoms with Gasteiger partial charge in [-0.15, -0.1) is 0 Å². The number of hydrogen-bond acceptors (Lipinski definition) is 5. The minimum absolute atomic E-state index is 0.0417. The minimum Gasteiger partial charge on any atom is -0.505 e. The normalized spacial score (nSPS) is 11.0. The van der Waals surface area contributed by atoms with E-state index in [9.17, 15) is 19.5 Å². The highest BCUT2D eigenvalue weighted by Gasteiger charge is 2.22. The molecule has 0 radical (unpaired) electrons. The number of ether oxygens (including phenoxy) is 1. The molecule has 1 rings (SSSR count). The standard InChI is InChI=1S/C17H23NO5/c1-5-23-15(21)7-6-14(20)18-13-9-11(10-19)8-12(16(13)22)17(2,3)4/h8-10,22H,5-7H2,1-4H3,(H,18,20). The van der Waals surface area contributed by atoms with E-state index in [1.54, 1.807) is 13.0 Å². The zero-order valence-electron chi connectivity index (χ0n) is 13.9. The SMILES string of the molecule is CCOC(=O)CCC(=O)Nc1cc(C=O)cc(C(C)(C)C)c1O. The van der Waals surface area contributed by atoms with Gasteiger partial charge in [0.2, 0.25) is 5.91 Å². The first-order chi connectivity index (χ1) is 10.7. The molecular weight excluding hydrogens is 298 g/mol. The van der Waals surface area contributed by atoms with Crippen LogP contribution in [0.5, 0.6) is 5.75 Å². The molecule has 1 aromatic carbocycles. The molecule has 0 bridgehead atoms. The third kappa shape index (κ3) is 5.39. The average molecular weight is 321 g/mol. The van der Waals surface area contributed by atoms with Crippen LogP contribution >= 0.6 is 0 Å². The van der Waals surface area contributed by atoms with Crippen LogP contribution in [0.4, 0.5) is 5.69 Å². The van der Waals surface area contributed by atoms with Crippen molar-refractivity contribution in [3.8, 4) is 5.75 Å². The summed E-state index contributed by atoms with van der Waals surface area (Å²) in [6.07, 6.45) is 0.553. The van der Waals surface area contributed by atoms with Gasteiger partial charge in [0.15, 0.2) is 0 Å². The van der Waals surface area contributed by atoms with Gasteiger partial charge in [-0.1, -0.05) is 20.8 Å². The lowest BCUT2D eigenvalue weighted by Gasteiger charge is -2.22. The lowest BCUT2D eigenvalue weighted by atomic mass is 9.85. The molecule has 1 aromatic rings. The zero-order valence-corrected chi connectivity index (χ0v) is 13.9. The molecule has 126 valence electrons. The van der Waals surface area contributed by atoms with Crippen LogP contribution in [-0.2, 0) is 19.7 Å². The van der Waals surface area contributed by atoms with Crippen LogP contribution < -0.4 is 5.32 Å². The molecule has 0 aliphatic heterocycles. The molecular formula is C17H23NO5. The molecule has 0 spiro atoms. The molecule has 0 aliphatic rings. The minimum atomic E-state index is -0.455. The molecule has 0 fully saturated rings. The van der Waals surface area contributed by atoms with Crippen molar-refractivity contribution in [3.05, 3.63) is 23.3 Å².